The van der Waals surface area contributed by atoms with Gasteiger partial charge < -0.3 is 5.32 Å². The molecule has 0 amide bonds. The van der Waals surface area contributed by atoms with Crippen LogP contribution in [0, 0.1) is 11.6 Å². The van der Waals surface area contributed by atoms with Crippen molar-refractivity contribution in [1.29, 1.82) is 0 Å². The third-order valence-electron chi connectivity index (χ3n) is 2.71. The molecule has 1 unspecified atom stereocenters. The monoisotopic (exact) mass is 273 g/mol. The average molecular weight is 273 g/mol. The van der Waals surface area contributed by atoms with Gasteiger partial charge in [-0.15, -0.1) is 11.8 Å². The molecule has 0 aliphatic rings. The largest absolute Gasteiger partial charge is 0.313 e. The van der Waals surface area contributed by atoms with Crippen LogP contribution in [0.1, 0.15) is 39.2 Å². The fourth-order valence-corrected chi connectivity index (χ4v) is 2.43. The molecule has 1 nitrogen and oxygen atoms in total. The Balaban J connectivity index is 2.77. The molecule has 0 heterocycles. The van der Waals surface area contributed by atoms with Crippen LogP contribution in [-0.2, 0) is 6.54 Å². The van der Waals surface area contributed by atoms with Gasteiger partial charge in [0.1, 0.15) is 11.6 Å². The Morgan fingerprint density at radius 1 is 1.22 bits per heavy atom. The van der Waals surface area contributed by atoms with E-state index in [1.807, 2.05) is 13.8 Å². The topological polar surface area (TPSA) is 12.0 Å². The Kier molecular flexibility index (Phi) is 6.65. The fraction of sp³-hybridized carbons (Fsp3) is 0.571. The Bertz CT molecular complexity index is 359. The van der Waals surface area contributed by atoms with Crippen LogP contribution in [0.5, 0.6) is 0 Å². The van der Waals surface area contributed by atoms with Crippen molar-refractivity contribution in [3.8, 4) is 0 Å². The van der Waals surface area contributed by atoms with Crippen LogP contribution in [0.4, 0.5) is 8.78 Å². The Morgan fingerprint density at radius 3 is 2.33 bits per heavy atom. The van der Waals surface area contributed by atoms with Gasteiger partial charge >= 0.3 is 0 Å². The number of benzene rings is 1. The molecular formula is C14H21F2NS. The standard InChI is InChI=1S/C14H21F2NS/c1-4-6-17-9-11-7-12(15)14(13(16)8-11)18-10(3)5-2/h7-8,10,17H,4-6,9H2,1-3H3. The summed E-state index contributed by atoms with van der Waals surface area (Å²) in [5.41, 5.74) is 0.659. The van der Waals surface area contributed by atoms with Crippen molar-refractivity contribution >= 4 is 11.8 Å². The maximum Gasteiger partial charge on any atom is 0.140 e. The van der Waals surface area contributed by atoms with Gasteiger partial charge in [0.05, 0.1) is 4.90 Å². The van der Waals surface area contributed by atoms with Crippen molar-refractivity contribution in [1.82, 2.24) is 5.32 Å². The minimum atomic E-state index is -0.450. The van der Waals surface area contributed by atoms with Crippen LogP contribution in [0.3, 0.4) is 0 Å². The highest BCUT2D eigenvalue weighted by molar-refractivity contribution is 8.00. The first kappa shape index (κ1) is 15.4. The molecule has 0 fully saturated rings. The van der Waals surface area contributed by atoms with E-state index < -0.39 is 11.6 Å². The van der Waals surface area contributed by atoms with E-state index in [1.54, 1.807) is 0 Å². The first-order chi connectivity index (χ1) is 8.58. The second kappa shape index (κ2) is 7.74. The van der Waals surface area contributed by atoms with E-state index in [2.05, 4.69) is 12.2 Å². The van der Waals surface area contributed by atoms with Gasteiger partial charge in [-0.3, -0.25) is 0 Å². The van der Waals surface area contributed by atoms with E-state index in [0.29, 0.717) is 12.1 Å². The molecule has 0 spiro atoms. The summed E-state index contributed by atoms with van der Waals surface area (Å²) in [5, 5.41) is 3.36. The third-order valence-corrected chi connectivity index (χ3v) is 4.07. The predicted molar refractivity (Wildman–Crippen MR) is 74.0 cm³/mol. The Hall–Kier alpha value is -0.610. The van der Waals surface area contributed by atoms with Crippen molar-refractivity contribution < 1.29 is 8.78 Å². The fourth-order valence-electron chi connectivity index (χ4n) is 1.52. The highest BCUT2D eigenvalue weighted by atomic mass is 32.2. The normalized spacial score (nSPS) is 12.7. The summed E-state index contributed by atoms with van der Waals surface area (Å²) in [7, 11) is 0. The number of hydrogen-bond donors (Lipinski definition) is 1. The highest BCUT2D eigenvalue weighted by Gasteiger charge is 2.14. The number of hydrogen-bond acceptors (Lipinski definition) is 2. The first-order valence-corrected chi connectivity index (χ1v) is 7.31. The van der Waals surface area contributed by atoms with E-state index in [-0.39, 0.29) is 10.1 Å². The van der Waals surface area contributed by atoms with Gasteiger partial charge in [-0.2, -0.15) is 0 Å². The molecule has 1 aromatic rings. The molecule has 1 N–H and O–H groups in total. The van der Waals surface area contributed by atoms with Gasteiger partial charge in [-0.25, -0.2) is 8.78 Å². The summed E-state index contributed by atoms with van der Waals surface area (Å²) >= 11 is 1.26. The number of halogens is 2. The molecule has 4 heteroatoms. The SMILES string of the molecule is CCCNCc1cc(F)c(SC(C)CC)c(F)c1. The van der Waals surface area contributed by atoms with Crippen molar-refractivity contribution in [2.24, 2.45) is 0 Å². The highest BCUT2D eigenvalue weighted by Crippen LogP contribution is 2.30. The molecule has 0 saturated carbocycles. The first-order valence-electron chi connectivity index (χ1n) is 6.43. The molecule has 0 aliphatic carbocycles. The van der Waals surface area contributed by atoms with Crippen LogP contribution < -0.4 is 5.32 Å². The summed E-state index contributed by atoms with van der Waals surface area (Å²) < 4.78 is 27.7. The van der Waals surface area contributed by atoms with Crippen molar-refractivity contribution in [2.45, 2.75) is 50.3 Å². The van der Waals surface area contributed by atoms with Gasteiger partial charge in [0.2, 0.25) is 0 Å². The van der Waals surface area contributed by atoms with Crippen molar-refractivity contribution in [3.63, 3.8) is 0 Å². The van der Waals surface area contributed by atoms with Crippen molar-refractivity contribution in [3.05, 3.63) is 29.3 Å². The smallest absolute Gasteiger partial charge is 0.140 e. The summed E-state index contributed by atoms with van der Waals surface area (Å²) in [4.78, 5) is 0.142. The molecule has 0 aliphatic heterocycles. The van der Waals surface area contributed by atoms with E-state index in [0.717, 1.165) is 19.4 Å². The van der Waals surface area contributed by atoms with Crippen LogP contribution in [0.15, 0.2) is 17.0 Å². The van der Waals surface area contributed by atoms with Crippen LogP contribution >= 0.6 is 11.8 Å². The number of thioether (sulfide) groups is 1. The maximum atomic E-state index is 13.8. The Morgan fingerprint density at radius 2 is 1.83 bits per heavy atom. The average Bonchev–Trinajstić information content (AvgIpc) is 2.34. The molecule has 0 radical (unpaired) electrons. The van der Waals surface area contributed by atoms with E-state index in [9.17, 15) is 8.78 Å². The maximum absolute atomic E-state index is 13.8. The lowest BCUT2D eigenvalue weighted by Gasteiger charge is -2.12. The zero-order valence-corrected chi connectivity index (χ0v) is 12.0. The van der Waals surface area contributed by atoms with Gasteiger partial charge in [-0.05, 0) is 37.1 Å². The van der Waals surface area contributed by atoms with E-state index in [4.69, 9.17) is 0 Å². The predicted octanol–water partition coefficient (Wildman–Crippen LogP) is 4.36. The minimum absolute atomic E-state index is 0.142. The summed E-state index contributed by atoms with van der Waals surface area (Å²) in [5.74, 6) is -0.901. The van der Waals surface area contributed by atoms with E-state index in [1.165, 1.54) is 23.9 Å². The molecule has 102 valence electrons. The third kappa shape index (κ3) is 4.58. The lowest BCUT2D eigenvalue weighted by Crippen LogP contribution is -2.14. The van der Waals surface area contributed by atoms with Crippen LogP contribution in [-0.4, -0.2) is 11.8 Å². The van der Waals surface area contributed by atoms with Gasteiger partial charge in [0.15, 0.2) is 0 Å². The summed E-state index contributed by atoms with van der Waals surface area (Å²) in [6.45, 7) is 7.40. The van der Waals surface area contributed by atoms with Crippen LogP contribution in [0.25, 0.3) is 0 Å². The molecule has 1 rings (SSSR count). The zero-order valence-electron chi connectivity index (χ0n) is 11.2. The number of rotatable bonds is 7. The molecule has 0 aromatic heterocycles. The molecule has 0 bridgehead atoms. The molecule has 18 heavy (non-hydrogen) atoms. The number of nitrogens with one attached hydrogen (secondary N) is 1. The van der Waals surface area contributed by atoms with Gasteiger partial charge in [0, 0.05) is 11.8 Å². The lowest BCUT2D eigenvalue weighted by atomic mass is 10.2. The van der Waals surface area contributed by atoms with Gasteiger partial charge in [-0.1, -0.05) is 20.8 Å². The quantitative estimate of drug-likeness (QED) is 0.585. The van der Waals surface area contributed by atoms with Crippen LogP contribution in [0.2, 0.25) is 0 Å². The molecule has 1 aromatic carbocycles. The molecule has 1 atom stereocenters. The second-order valence-corrected chi connectivity index (χ2v) is 5.85. The summed E-state index contributed by atoms with van der Waals surface area (Å²) in [6.07, 6.45) is 1.90. The van der Waals surface area contributed by atoms with E-state index >= 15 is 0 Å². The van der Waals surface area contributed by atoms with Crippen molar-refractivity contribution in [2.75, 3.05) is 6.54 Å². The Labute approximate surface area is 112 Å². The van der Waals surface area contributed by atoms with Gasteiger partial charge in [0.25, 0.3) is 0 Å². The molecular weight excluding hydrogens is 252 g/mol. The second-order valence-electron chi connectivity index (χ2n) is 4.40. The molecule has 0 saturated heterocycles. The lowest BCUT2D eigenvalue weighted by molar-refractivity contribution is 0.533. The minimum Gasteiger partial charge on any atom is -0.313 e. The zero-order chi connectivity index (χ0) is 13.5. The summed E-state index contributed by atoms with van der Waals surface area (Å²) in [6, 6.07) is 2.85.